The van der Waals surface area contributed by atoms with Crippen molar-refractivity contribution >= 4 is 39.5 Å². The Hall–Kier alpha value is 0.350. The topological polar surface area (TPSA) is 29.9 Å². The molecule has 0 aromatic carbocycles. The van der Waals surface area contributed by atoms with Crippen LogP contribution in [0.5, 0.6) is 0 Å². The van der Waals surface area contributed by atoms with Gasteiger partial charge in [-0.3, -0.25) is 4.68 Å². The molecule has 1 aliphatic heterocycles. The number of nitrogens with zero attached hydrogens (tertiary/aromatic N) is 2. The fourth-order valence-electron chi connectivity index (χ4n) is 2.61. The molecule has 0 bridgehead atoms. The van der Waals surface area contributed by atoms with E-state index in [-0.39, 0.29) is 0 Å². The zero-order valence-corrected chi connectivity index (χ0v) is 14.9. The van der Waals surface area contributed by atoms with Crippen LogP contribution >= 0.6 is 39.5 Å². The van der Waals surface area contributed by atoms with E-state index in [1.165, 1.54) is 23.6 Å². The van der Waals surface area contributed by atoms with Gasteiger partial charge in [-0.05, 0) is 28.9 Å². The lowest BCUT2D eigenvalue weighted by atomic mass is 10.1. The molecule has 1 aliphatic rings. The highest BCUT2D eigenvalue weighted by Crippen LogP contribution is 2.41. The van der Waals surface area contributed by atoms with Crippen molar-refractivity contribution in [1.29, 1.82) is 0 Å². The van der Waals surface area contributed by atoms with Crippen LogP contribution in [0.4, 0.5) is 0 Å². The van der Waals surface area contributed by atoms with Gasteiger partial charge in [0.2, 0.25) is 0 Å². The van der Waals surface area contributed by atoms with Crippen LogP contribution in [-0.4, -0.2) is 38.3 Å². The summed E-state index contributed by atoms with van der Waals surface area (Å²) in [7, 11) is 2.03. The third-order valence-electron chi connectivity index (χ3n) is 3.48. The number of aryl methyl sites for hydroxylation is 1. The largest absolute Gasteiger partial charge is 0.308 e. The van der Waals surface area contributed by atoms with Gasteiger partial charge in [-0.2, -0.15) is 28.6 Å². The minimum Gasteiger partial charge on any atom is -0.308 e. The number of thioether (sulfide) groups is 2. The smallest absolute Gasteiger partial charge is 0.0704 e. The second kappa shape index (κ2) is 7.38. The fraction of sp³-hybridized carbons (Fsp3) is 0.769. The molecule has 1 aromatic rings. The summed E-state index contributed by atoms with van der Waals surface area (Å²) in [6.45, 7) is 5.47. The van der Waals surface area contributed by atoms with E-state index < -0.39 is 0 Å². The van der Waals surface area contributed by atoms with Gasteiger partial charge in [-0.15, -0.1) is 0 Å². The van der Waals surface area contributed by atoms with E-state index in [2.05, 4.69) is 63.7 Å². The summed E-state index contributed by atoms with van der Waals surface area (Å²) < 4.78 is 3.12. The molecule has 1 aromatic heterocycles. The predicted octanol–water partition coefficient (Wildman–Crippen LogP) is 3.46. The maximum absolute atomic E-state index is 4.38. The molecule has 1 saturated heterocycles. The predicted molar refractivity (Wildman–Crippen MR) is 90.1 cm³/mol. The molecular formula is C13H22BrN3S2. The van der Waals surface area contributed by atoms with Crippen molar-refractivity contribution in [3.05, 3.63) is 16.4 Å². The van der Waals surface area contributed by atoms with Gasteiger partial charge in [0.05, 0.1) is 22.4 Å². The summed E-state index contributed by atoms with van der Waals surface area (Å²) in [4.78, 5) is 0. The Kier molecular flexibility index (Phi) is 6.11. The Morgan fingerprint density at radius 1 is 1.47 bits per heavy atom. The van der Waals surface area contributed by atoms with Crippen molar-refractivity contribution < 1.29 is 0 Å². The third kappa shape index (κ3) is 3.52. The van der Waals surface area contributed by atoms with E-state index in [4.69, 9.17) is 0 Å². The van der Waals surface area contributed by atoms with Gasteiger partial charge in [0.15, 0.2) is 0 Å². The van der Waals surface area contributed by atoms with E-state index >= 15 is 0 Å². The van der Waals surface area contributed by atoms with Crippen LogP contribution in [-0.2, 0) is 7.05 Å². The molecule has 1 fully saturated rings. The van der Waals surface area contributed by atoms with Crippen LogP contribution in [0.3, 0.4) is 0 Å². The summed E-state index contributed by atoms with van der Waals surface area (Å²) in [5, 5.41) is 9.40. The van der Waals surface area contributed by atoms with Crippen LogP contribution in [0.15, 0.2) is 10.7 Å². The minimum absolute atomic E-state index is 0.370. The first-order valence-electron chi connectivity index (χ1n) is 6.83. The number of halogens is 1. The van der Waals surface area contributed by atoms with Crippen molar-refractivity contribution in [2.24, 2.45) is 7.05 Å². The SMILES string of the molecule is CCNC(c1c(Br)cnn1C)C1SCCSC1CC. The molecule has 0 spiro atoms. The van der Waals surface area contributed by atoms with Crippen LogP contribution in [0, 0.1) is 0 Å². The molecule has 19 heavy (non-hydrogen) atoms. The highest BCUT2D eigenvalue weighted by molar-refractivity contribution is 9.10. The van der Waals surface area contributed by atoms with E-state index in [0.717, 1.165) is 16.3 Å². The summed E-state index contributed by atoms with van der Waals surface area (Å²) >= 11 is 7.90. The fourth-order valence-corrected chi connectivity index (χ4v) is 6.42. The van der Waals surface area contributed by atoms with Crippen LogP contribution in [0.1, 0.15) is 32.0 Å². The maximum atomic E-state index is 4.38. The standard InChI is InChI=1S/C13H22BrN3S2/c1-4-10-13(19-7-6-18-10)11(15-5-2)12-9(14)8-16-17(12)3/h8,10-11,13,15H,4-7H2,1-3H3. The van der Waals surface area contributed by atoms with Gasteiger partial charge < -0.3 is 5.32 Å². The van der Waals surface area contributed by atoms with Crippen molar-refractivity contribution in [1.82, 2.24) is 15.1 Å². The normalized spacial score (nSPS) is 25.5. The number of aromatic nitrogens is 2. The summed E-state index contributed by atoms with van der Waals surface area (Å²) in [5.74, 6) is 2.54. The van der Waals surface area contributed by atoms with Crippen LogP contribution in [0.2, 0.25) is 0 Å². The molecule has 3 unspecified atom stereocenters. The van der Waals surface area contributed by atoms with Gasteiger partial charge in [-0.25, -0.2) is 0 Å². The lowest BCUT2D eigenvalue weighted by molar-refractivity contribution is 0.478. The van der Waals surface area contributed by atoms with Crippen molar-refractivity contribution in [3.63, 3.8) is 0 Å². The van der Waals surface area contributed by atoms with Crippen molar-refractivity contribution in [2.45, 2.75) is 36.8 Å². The first-order valence-corrected chi connectivity index (χ1v) is 9.72. The number of hydrogen-bond donors (Lipinski definition) is 1. The zero-order valence-electron chi connectivity index (χ0n) is 11.7. The summed E-state index contributed by atoms with van der Waals surface area (Å²) in [6, 6.07) is 0.370. The van der Waals surface area contributed by atoms with Gasteiger partial charge in [-0.1, -0.05) is 13.8 Å². The number of nitrogens with one attached hydrogen (secondary N) is 1. The Bertz CT molecular complexity index is 391. The van der Waals surface area contributed by atoms with Gasteiger partial charge in [0.25, 0.3) is 0 Å². The average molecular weight is 364 g/mol. The zero-order chi connectivity index (χ0) is 13.8. The molecule has 1 N–H and O–H groups in total. The quantitative estimate of drug-likeness (QED) is 0.867. The molecule has 0 amide bonds. The Balaban J connectivity index is 2.28. The first kappa shape index (κ1) is 15.7. The van der Waals surface area contributed by atoms with Crippen LogP contribution in [0.25, 0.3) is 0 Å². The minimum atomic E-state index is 0.370. The van der Waals surface area contributed by atoms with Crippen molar-refractivity contribution in [3.8, 4) is 0 Å². The third-order valence-corrected chi connectivity index (χ3v) is 7.44. The van der Waals surface area contributed by atoms with Crippen molar-refractivity contribution in [2.75, 3.05) is 18.1 Å². The Morgan fingerprint density at radius 3 is 2.79 bits per heavy atom. The second-order valence-electron chi connectivity index (χ2n) is 4.69. The maximum Gasteiger partial charge on any atom is 0.0704 e. The summed E-state index contributed by atoms with van der Waals surface area (Å²) in [6.07, 6.45) is 3.14. The van der Waals surface area contributed by atoms with Gasteiger partial charge in [0.1, 0.15) is 0 Å². The molecule has 2 rings (SSSR count). The lowest BCUT2D eigenvalue weighted by Gasteiger charge is -2.36. The molecule has 2 heterocycles. The van der Waals surface area contributed by atoms with E-state index in [1.807, 2.05) is 17.9 Å². The lowest BCUT2D eigenvalue weighted by Crippen LogP contribution is -2.39. The Morgan fingerprint density at radius 2 is 2.21 bits per heavy atom. The molecule has 3 nitrogen and oxygen atoms in total. The highest BCUT2D eigenvalue weighted by Gasteiger charge is 2.35. The van der Waals surface area contributed by atoms with Gasteiger partial charge >= 0.3 is 0 Å². The molecule has 0 saturated carbocycles. The second-order valence-corrected chi connectivity index (χ2v) is 8.18. The van der Waals surface area contributed by atoms with Crippen LogP contribution < -0.4 is 5.32 Å². The first-order chi connectivity index (χ1) is 9.19. The van der Waals surface area contributed by atoms with E-state index in [0.29, 0.717) is 11.3 Å². The monoisotopic (exact) mass is 363 g/mol. The molecule has 3 atom stereocenters. The number of hydrogen-bond acceptors (Lipinski definition) is 4. The molecular weight excluding hydrogens is 342 g/mol. The molecule has 108 valence electrons. The molecule has 0 aliphatic carbocycles. The number of rotatable bonds is 5. The van der Waals surface area contributed by atoms with Gasteiger partial charge in [0, 0.05) is 29.1 Å². The average Bonchev–Trinajstić information content (AvgIpc) is 2.76. The summed E-state index contributed by atoms with van der Waals surface area (Å²) in [5.41, 5.74) is 1.28. The molecule has 6 heteroatoms. The van der Waals surface area contributed by atoms with E-state index in [9.17, 15) is 0 Å². The highest BCUT2D eigenvalue weighted by atomic mass is 79.9. The molecule has 0 radical (unpaired) electrons. The van der Waals surface area contributed by atoms with E-state index in [1.54, 1.807) is 0 Å². The Labute approximate surface area is 132 Å².